The van der Waals surface area contributed by atoms with E-state index < -0.39 is 0 Å². The highest BCUT2D eigenvalue weighted by atomic mass is 16.2. The summed E-state index contributed by atoms with van der Waals surface area (Å²) in [6, 6.07) is 10.0. The summed E-state index contributed by atoms with van der Waals surface area (Å²) >= 11 is 0. The van der Waals surface area contributed by atoms with Crippen molar-refractivity contribution < 1.29 is 4.79 Å². The molecule has 3 heterocycles. The molecule has 1 aliphatic rings. The van der Waals surface area contributed by atoms with Gasteiger partial charge in [0.05, 0.1) is 12.2 Å². The first kappa shape index (κ1) is 15.6. The molecule has 4 rings (SSSR count). The highest BCUT2D eigenvalue weighted by Gasteiger charge is 2.21. The van der Waals surface area contributed by atoms with E-state index >= 15 is 0 Å². The second-order valence-electron chi connectivity index (χ2n) is 6.49. The molecule has 1 aliphatic heterocycles. The molecule has 0 radical (unpaired) electrons. The maximum absolute atomic E-state index is 11.8. The maximum atomic E-state index is 11.8. The lowest BCUT2D eigenvalue weighted by molar-refractivity contribution is -0.117. The molecule has 0 aliphatic carbocycles. The number of imidazole rings is 1. The fourth-order valence-electron chi connectivity index (χ4n) is 3.28. The van der Waals surface area contributed by atoms with Gasteiger partial charge in [0.25, 0.3) is 0 Å². The summed E-state index contributed by atoms with van der Waals surface area (Å²) in [4.78, 5) is 22.7. The minimum absolute atomic E-state index is 0.212. The molecule has 1 amide bonds. The molecule has 0 saturated carbocycles. The van der Waals surface area contributed by atoms with Crippen molar-refractivity contribution >= 4 is 23.1 Å². The number of hydrogen-bond acceptors (Lipinski definition) is 4. The minimum atomic E-state index is 0.212. The number of anilines is 2. The number of nitrogens with one attached hydrogen (secondary N) is 1. The van der Waals surface area contributed by atoms with Crippen LogP contribution in [0, 0.1) is 13.8 Å². The highest BCUT2D eigenvalue weighted by molar-refractivity contribution is 5.95. The number of hydrogen-bond donors (Lipinski definition) is 1. The predicted molar refractivity (Wildman–Crippen MR) is 97.8 cm³/mol. The molecule has 25 heavy (non-hydrogen) atoms. The summed E-state index contributed by atoms with van der Waals surface area (Å²) in [6.07, 6.45) is 3.61. The van der Waals surface area contributed by atoms with E-state index in [-0.39, 0.29) is 5.91 Å². The van der Waals surface area contributed by atoms with Crippen LogP contribution in [0.1, 0.15) is 29.9 Å². The quantitative estimate of drug-likeness (QED) is 0.796. The maximum Gasteiger partial charge on any atom is 0.234 e. The fourth-order valence-corrected chi connectivity index (χ4v) is 3.28. The molecule has 2 aromatic heterocycles. The number of nitrogens with zero attached hydrogens (tertiary/aromatic N) is 4. The molecule has 0 bridgehead atoms. The van der Waals surface area contributed by atoms with Gasteiger partial charge >= 0.3 is 0 Å². The topological polar surface area (TPSA) is 62.5 Å². The number of amides is 1. The zero-order valence-corrected chi connectivity index (χ0v) is 14.5. The van der Waals surface area contributed by atoms with E-state index in [1.165, 1.54) is 0 Å². The van der Waals surface area contributed by atoms with Crippen molar-refractivity contribution in [3.8, 4) is 0 Å². The molecular weight excluding hydrogens is 314 g/mol. The number of carbonyl (C=O) groups excluding carboxylic acids is 1. The number of aryl methyl sites for hydroxylation is 2. The molecule has 1 aromatic carbocycles. The molecule has 128 valence electrons. The lowest BCUT2D eigenvalue weighted by atomic mass is 10.2. The normalized spacial score (nSPS) is 14.5. The van der Waals surface area contributed by atoms with Crippen molar-refractivity contribution in [1.82, 2.24) is 14.4 Å². The zero-order chi connectivity index (χ0) is 17.4. The first-order chi connectivity index (χ1) is 12.1. The van der Waals surface area contributed by atoms with Gasteiger partial charge in [-0.05, 0) is 50.6 Å². The molecule has 0 spiro atoms. The number of aromatic nitrogens is 3. The standard InChI is InChI=1S/C19H21N5O/c1-13-10-14(2)24-12-16(22-19(24)21-13)11-20-15-5-7-17(8-6-15)23-9-3-4-18(23)25/h5-8,10,12,20H,3-4,9,11H2,1-2H3. The summed E-state index contributed by atoms with van der Waals surface area (Å²) in [7, 11) is 0. The predicted octanol–water partition coefficient (Wildman–Crippen LogP) is 3.09. The second kappa shape index (κ2) is 6.20. The first-order valence-corrected chi connectivity index (χ1v) is 8.57. The number of benzene rings is 1. The Bertz CT molecular complexity index is 929. The van der Waals surface area contributed by atoms with Crippen molar-refractivity contribution in [3.63, 3.8) is 0 Å². The van der Waals surface area contributed by atoms with Gasteiger partial charge in [0, 0.05) is 41.9 Å². The van der Waals surface area contributed by atoms with Crippen molar-refractivity contribution in [1.29, 1.82) is 0 Å². The summed E-state index contributed by atoms with van der Waals surface area (Å²) in [6.45, 7) is 5.48. The Kier molecular flexibility index (Phi) is 3.87. The van der Waals surface area contributed by atoms with Crippen molar-refractivity contribution in [2.75, 3.05) is 16.8 Å². The summed E-state index contributed by atoms with van der Waals surface area (Å²) in [5.41, 5.74) is 5.02. The van der Waals surface area contributed by atoms with Crippen LogP contribution >= 0.6 is 0 Å². The highest BCUT2D eigenvalue weighted by Crippen LogP contribution is 2.23. The van der Waals surface area contributed by atoms with Crippen LogP contribution in [0.15, 0.2) is 36.5 Å². The summed E-state index contributed by atoms with van der Waals surface area (Å²) in [5, 5.41) is 3.38. The summed E-state index contributed by atoms with van der Waals surface area (Å²) in [5.74, 6) is 0.945. The average Bonchev–Trinajstić information content (AvgIpc) is 3.19. The number of rotatable bonds is 4. The van der Waals surface area contributed by atoms with Crippen molar-refractivity contribution in [2.24, 2.45) is 0 Å². The molecule has 1 N–H and O–H groups in total. The Labute approximate surface area is 146 Å². The molecule has 3 aromatic rings. The van der Waals surface area contributed by atoms with Crippen LogP contribution in [-0.2, 0) is 11.3 Å². The summed E-state index contributed by atoms with van der Waals surface area (Å²) < 4.78 is 2.01. The van der Waals surface area contributed by atoms with Gasteiger partial charge in [0.15, 0.2) is 0 Å². The van der Waals surface area contributed by atoms with Crippen LogP contribution in [0.25, 0.3) is 5.78 Å². The smallest absolute Gasteiger partial charge is 0.234 e. The van der Waals surface area contributed by atoms with Gasteiger partial charge in [-0.25, -0.2) is 9.97 Å². The van der Waals surface area contributed by atoms with E-state index in [1.54, 1.807) is 0 Å². The Morgan fingerprint density at radius 1 is 1.16 bits per heavy atom. The van der Waals surface area contributed by atoms with E-state index in [1.807, 2.05) is 52.8 Å². The first-order valence-electron chi connectivity index (χ1n) is 8.57. The number of fused-ring (bicyclic) bond motifs is 1. The average molecular weight is 335 g/mol. The van der Waals surface area contributed by atoms with Gasteiger partial charge in [0.2, 0.25) is 11.7 Å². The molecule has 1 saturated heterocycles. The van der Waals surface area contributed by atoms with Crippen LogP contribution in [0.5, 0.6) is 0 Å². The zero-order valence-electron chi connectivity index (χ0n) is 14.5. The van der Waals surface area contributed by atoms with E-state index in [9.17, 15) is 4.79 Å². The van der Waals surface area contributed by atoms with Crippen LogP contribution in [-0.4, -0.2) is 26.8 Å². The molecule has 0 unspecified atom stereocenters. The van der Waals surface area contributed by atoms with Crippen LogP contribution in [0.3, 0.4) is 0 Å². The third kappa shape index (κ3) is 3.07. The largest absolute Gasteiger partial charge is 0.379 e. The van der Waals surface area contributed by atoms with Gasteiger partial charge < -0.3 is 10.2 Å². The van der Waals surface area contributed by atoms with Crippen LogP contribution < -0.4 is 10.2 Å². The fraction of sp³-hybridized carbons (Fsp3) is 0.316. The molecule has 0 atom stereocenters. The molecule has 6 heteroatoms. The lowest BCUT2D eigenvalue weighted by Gasteiger charge is -2.16. The van der Waals surface area contributed by atoms with Gasteiger partial charge in [-0.3, -0.25) is 9.20 Å². The van der Waals surface area contributed by atoms with Gasteiger partial charge in [-0.15, -0.1) is 0 Å². The Morgan fingerprint density at radius 2 is 1.96 bits per heavy atom. The Hall–Kier alpha value is -2.89. The van der Waals surface area contributed by atoms with Gasteiger partial charge in [-0.2, -0.15) is 0 Å². The van der Waals surface area contributed by atoms with Crippen molar-refractivity contribution in [3.05, 3.63) is 53.6 Å². The van der Waals surface area contributed by atoms with Gasteiger partial charge in [-0.1, -0.05) is 0 Å². The Morgan fingerprint density at radius 3 is 2.68 bits per heavy atom. The van der Waals surface area contributed by atoms with E-state index in [2.05, 4.69) is 22.2 Å². The van der Waals surface area contributed by atoms with Crippen LogP contribution in [0.2, 0.25) is 0 Å². The molecule has 6 nitrogen and oxygen atoms in total. The second-order valence-corrected chi connectivity index (χ2v) is 6.49. The van der Waals surface area contributed by atoms with E-state index in [4.69, 9.17) is 0 Å². The number of carbonyl (C=O) groups is 1. The van der Waals surface area contributed by atoms with Gasteiger partial charge in [0.1, 0.15) is 0 Å². The molecule has 1 fully saturated rings. The SMILES string of the molecule is Cc1cc(C)n2cc(CNc3ccc(N4CCCC4=O)cc3)nc2n1. The molecular formula is C19H21N5O. The lowest BCUT2D eigenvalue weighted by Crippen LogP contribution is -2.23. The monoisotopic (exact) mass is 335 g/mol. The minimum Gasteiger partial charge on any atom is -0.379 e. The third-order valence-electron chi connectivity index (χ3n) is 4.54. The third-order valence-corrected chi connectivity index (χ3v) is 4.54. The van der Waals surface area contributed by atoms with E-state index in [0.717, 1.165) is 47.2 Å². The van der Waals surface area contributed by atoms with Crippen molar-refractivity contribution in [2.45, 2.75) is 33.2 Å². The Balaban J connectivity index is 1.46. The van der Waals surface area contributed by atoms with Crippen LogP contribution in [0.4, 0.5) is 11.4 Å². The van der Waals surface area contributed by atoms with E-state index in [0.29, 0.717) is 13.0 Å².